The first-order valence-corrected chi connectivity index (χ1v) is 10.7. The van der Waals surface area contributed by atoms with Crippen LogP contribution in [-0.2, 0) is 16.6 Å². The molecule has 0 unspecified atom stereocenters. The van der Waals surface area contributed by atoms with Gasteiger partial charge in [-0.25, -0.2) is 8.42 Å². The summed E-state index contributed by atoms with van der Waals surface area (Å²) in [6.07, 6.45) is 1.65. The number of fused-ring (bicyclic) bond motifs is 1. The highest BCUT2D eigenvalue weighted by molar-refractivity contribution is 7.92. The van der Waals surface area contributed by atoms with Gasteiger partial charge >= 0.3 is 0 Å². The average molecular weight is 412 g/mol. The van der Waals surface area contributed by atoms with Gasteiger partial charge in [0.05, 0.1) is 23.7 Å². The third-order valence-electron chi connectivity index (χ3n) is 4.44. The monoisotopic (exact) mass is 412 g/mol. The van der Waals surface area contributed by atoms with Crippen molar-refractivity contribution in [1.29, 1.82) is 0 Å². The smallest absolute Gasteiger partial charge is 0.235 e. The number of ether oxygens (including phenoxy) is 3. The summed E-state index contributed by atoms with van der Waals surface area (Å²) in [4.78, 5) is 4.24. The SMILES string of the molecule is CCS(=O)(=O)N(Cc1ccccn1)c1ccc(Oc2ccc3c(c2)OCO3)cc1. The first kappa shape index (κ1) is 19.1. The fourth-order valence-electron chi connectivity index (χ4n) is 2.90. The van der Waals surface area contributed by atoms with Crippen LogP contribution in [0.4, 0.5) is 5.69 Å². The van der Waals surface area contributed by atoms with Crippen molar-refractivity contribution in [3.8, 4) is 23.0 Å². The van der Waals surface area contributed by atoms with Crippen LogP contribution >= 0.6 is 0 Å². The molecule has 0 fully saturated rings. The van der Waals surface area contributed by atoms with Crippen LogP contribution in [0.2, 0.25) is 0 Å². The molecule has 0 atom stereocenters. The maximum atomic E-state index is 12.6. The Morgan fingerprint density at radius 2 is 1.76 bits per heavy atom. The molecule has 0 spiro atoms. The van der Waals surface area contributed by atoms with Crippen molar-refractivity contribution in [3.05, 3.63) is 72.6 Å². The lowest BCUT2D eigenvalue weighted by atomic mass is 10.2. The maximum Gasteiger partial charge on any atom is 0.235 e. The zero-order chi connectivity index (χ0) is 20.3. The van der Waals surface area contributed by atoms with Gasteiger partial charge in [0.15, 0.2) is 11.5 Å². The molecule has 0 amide bonds. The number of nitrogens with zero attached hydrogens (tertiary/aromatic N) is 2. The summed E-state index contributed by atoms with van der Waals surface area (Å²) in [6.45, 7) is 1.99. The van der Waals surface area contributed by atoms with Crippen LogP contribution in [-0.4, -0.2) is 25.9 Å². The van der Waals surface area contributed by atoms with E-state index in [4.69, 9.17) is 14.2 Å². The van der Waals surface area contributed by atoms with Crippen molar-refractivity contribution >= 4 is 15.7 Å². The zero-order valence-corrected chi connectivity index (χ0v) is 16.6. The number of rotatable bonds is 7. The van der Waals surface area contributed by atoms with E-state index in [1.165, 1.54) is 4.31 Å². The van der Waals surface area contributed by atoms with Crippen molar-refractivity contribution < 1.29 is 22.6 Å². The molecule has 2 aromatic carbocycles. The van der Waals surface area contributed by atoms with E-state index in [2.05, 4.69) is 4.98 Å². The minimum atomic E-state index is -3.47. The number of benzene rings is 2. The third kappa shape index (κ3) is 4.27. The van der Waals surface area contributed by atoms with E-state index in [0.29, 0.717) is 34.4 Å². The van der Waals surface area contributed by atoms with Crippen molar-refractivity contribution in [2.24, 2.45) is 0 Å². The fourth-order valence-corrected chi connectivity index (χ4v) is 3.99. The molecule has 1 aliphatic rings. The molecule has 2 heterocycles. The number of aromatic nitrogens is 1. The molecule has 0 saturated heterocycles. The Balaban J connectivity index is 1.55. The summed E-state index contributed by atoms with van der Waals surface area (Å²) in [7, 11) is -3.47. The second-order valence-electron chi connectivity index (χ2n) is 6.34. The molecule has 29 heavy (non-hydrogen) atoms. The van der Waals surface area contributed by atoms with Crippen LogP contribution in [0.1, 0.15) is 12.6 Å². The van der Waals surface area contributed by atoms with Crippen LogP contribution in [0.25, 0.3) is 0 Å². The van der Waals surface area contributed by atoms with E-state index in [1.54, 1.807) is 67.7 Å². The van der Waals surface area contributed by atoms with Crippen molar-refractivity contribution in [2.75, 3.05) is 16.9 Å². The normalized spacial score (nSPS) is 12.6. The van der Waals surface area contributed by atoms with Crippen molar-refractivity contribution in [1.82, 2.24) is 4.98 Å². The number of hydrogen-bond donors (Lipinski definition) is 0. The van der Waals surface area contributed by atoms with Crippen LogP contribution < -0.4 is 18.5 Å². The largest absolute Gasteiger partial charge is 0.457 e. The molecular formula is C21H20N2O5S. The van der Waals surface area contributed by atoms with Crippen LogP contribution in [0.5, 0.6) is 23.0 Å². The van der Waals surface area contributed by atoms with Gasteiger partial charge in [-0.3, -0.25) is 9.29 Å². The quantitative estimate of drug-likeness (QED) is 0.585. The molecule has 0 saturated carbocycles. The lowest BCUT2D eigenvalue weighted by molar-refractivity contribution is 0.174. The lowest BCUT2D eigenvalue weighted by Gasteiger charge is -2.23. The van der Waals surface area contributed by atoms with E-state index in [1.807, 2.05) is 6.07 Å². The van der Waals surface area contributed by atoms with Gasteiger partial charge in [0, 0.05) is 12.3 Å². The first-order valence-electron chi connectivity index (χ1n) is 9.13. The van der Waals surface area contributed by atoms with Crippen LogP contribution in [0.15, 0.2) is 66.9 Å². The first-order chi connectivity index (χ1) is 14.0. The Bertz CT molecular complexity index is 1090. The molecule has 1 aromatic heterocycles. The average Bonchev–Trinajstić information content (AvgIpc) is 3.21. The van der Waals surface area contributed by atoms with Crippen molar-refractivity contribution in [3.63, 3.8) is 0 Å². The van der Waals surface area contributed by atoms with E-state index >= 15 is 0 Å². The van der Waals surface area contributed by atoms with Gasteiger partial charge < -0.3 is 14.2 Å². The maximum absolute atomic E-state index is 12.6. The highest BCUT2D eigenvalue weighted by atomic mass is 32.2. The summed E-state index contributed by atoms with van der Waals surface area (Å²) in [5.74, 6) is 2.50. The van der Waals surface area contributed by atoms with Gasteiger partial charge in [0.1, 0.15) is 11.5 Å². The van der Waals surface area contributed by atoms with Gasteiger partial charge in [0.2, 0.25) is 16.8 Å². The van der Waals surface area contributed by atoms with E-state index < -0.39 is 10.0 Å². The minimum Gasteiger partial charge on any atom is -0.457 e. The molecule has 0 aliphatic carbocycles. The summed E-state index contributed by atoms with van der Waals surface area (Å²) < 4.78 is 43.1. The minimum absolute atomic E-state index is 0.00468. The molecule has 8 heteroatoms. The Morgan fingerprint density at radius 1 is 1.00 bits per heavy atom. The molecule has 0 N–H and O–H groups in total. The number of sulfonamides is 1. The molecular weight excluding hydrogens is 392 g/mol. The van der Waals surface area contributed by atoms with Gasteiger partial charge in [0.25, 0.3) is 0 Å². The molecule has 0 bridgehead atoms. The van der Waals surface area contributed by atoms with Crippen LogP contribution in [0.3, 0.4) is 0 Å². The lowest BCUT2D eigenvalue weighted by Crippen LogP contribution is -2.32. The molecule has 3 aromatic rings. The summed E-state index contributed by atoms with van der Waals surface area (Å²) in [6, 6.07) is 17.7. The highest BCUT2D eigenvalue weighted by Crippen LogP contribution is 2.37. The second-order valence-corrected chi connectivity index (χ2v) is 8.52. The highest BCUT2D eigenvalue weighted by Gasteiger charge is 2.21. The summed E-state index contributed by atoms with van der Waals surface area (Å²) in [5, 5.41) is 0. The Hall–Kier alpha value is -3.26. The molecule has 150 valence electrons. The predicted octanol–water partition coefficient (Wildman–Crippen LogP) is 3.96. The molecule has 0 radical (unpaired) electrons. The number of hydrogen-bond acceptors (Lipinski definition) is 6. The molecule has 1 aliphatic heterocycles. The molecule has 7 nitrogen and oxygen atoms in total. The van der Waals surface area contributed by atoms with Gasteiger partial charge in [-0.15, -0.1) is 0 Å². The standard InChI is InChI=1S/C21H20N2O5S/c1-2-29(24,25)23(14-16-5-3-4-12-22-16)17-6-8-18(9-7-17)28-19-10-11-20-21(13-19)27-15-26-20/h3-13H,2,14-15H2,1H3. The summed E-state index contributed by atoms with van der Waals surface area (Å²) >= 11 is 0. The number of pyridine rings is 1. The third-order valence-corrected chi connectivity index (χ3v) is 6.18. The van der Waals surface area contributed by atoms with Crippen LogP contribution in [0, 0.1) is 0 Å². The Kier molecular flexibility index (Phi) is 5.26. The number of anilines is 1. The van der Waals surface area contributed by atoms with E-state index in [0.717, 1.165) is 0 Å². The van der Waals surface area contributed by atoms with Crippen molar-refractivity contribution in [2.45, 2.75) is 13.5 Å². The van der Waals surface area contributed by atoms with E-state index in [9.17, 15) is 8.42 Å². The van der Waals surface area contributed by atoms with Gasteiger partial charge in [-0.2, -0.15) is 0 Å². The second kappa shape index (κ2) is 8.00. The summed E-state index contributed by atoms with van der Waals surface area (Å²) in [5.41, 5.74) is 1.22. The molecule has 4 rings (SSSR count). The predicted molar refractivity (Wildman–Crippen MR) is 109 cm³/mol. The topological polar surface area (TPSA) is 78.0 Å². The fraction of sp³-hybridized carbons (Fsp3) is 0.190. The van der Waals surface area contributed by atoms with E-state index in [-0.39, 0.29) is 19.1 Å². The van der Waals surface area contributed by atoms with Gasteiger partial charge in [-0.05, 0) is 55.5 Å². The Labute approximate surface area is 169 Å². The Morgan fingerprint density at radius 3 is 2.48 bits per heavy atom. The zero-order valence-electron chi connectivity index (χ0n) is 15.8. The van der Waals surface area contributed by atoms with Gasteiger partial charge in [-0.1, -0.05) is 6.07 Å².